The van der Waals surface area contributed by atoms with Crippen LogP contribution in [0.4, 0.5) is 0 Å². The van der Waals surface area contributed by atoms with Gasteiger partial charge in [-0.3, -0.25) is 0 Å². The highest BCUT2D eigenvalue weighted by atomic mass is 16.5. The van der Waals surface area contributed by atoms with E-state index in [-0.39, 0.29) is 0 Å². The Balaban J connectivity index is 2.17. The van der Waals surface area contributed by atoms with Crippen LogP contribution in [0, 0.1) is 5.41 Å². The van der Waals surface area contributed by atoms with Gasteiger partial charge in [-0.25, -0.2) is 0 Å². The number of nitrogens with one attached hydrogen (secondary N) is 1. The van der Waals surface area contributed by atoms with Crippen LogP contribution < -0.4 is 5.32 Å². The fourth-order valence-corrected chi connectivity index (χ4v) is 2.67. The first-order chi connectivity index (χ1) is 7.83. The van der Waals surface area contributed by atoms with Gasteiger partial charge >= 0.3 is 0 Å². The van der Waals surface area contributed by atoms with E-state index in [1.165, 1.54) is 51.5 Å². The van der Waals surface area contributed by atoms with Gasteiger partial charge in [-0.1, -0.05) is 33.1 Å². The molecule has 0 radical (unpaired) electrons. The van der Waals surface area contributed by atoms with Crippen molar-refractivity contribution in [2.75, 3.05) is 26.3 Å². The van der Waals surface area contributed by atoms with Crippen LogP contribution in [0.2, 0.25) is 0 Å². The quantitative estimate of drug-likeness (QED) is 0.610. The third-order valence-corrected chi connectivity index (χ3v) is 3.83. The van der Waals surface area contributed by atoms with Crippen molar-refractivity contribution in [2.24, 2.45) is 5.41 Å². The Labute approximate surface area is 101 Å². The van der Waals surface area contributed by atoms with Gasteiger partial charge in [0.2, 0.25) is 0 Å². The summed E-state index contributed by atoms with van der Waals surface area (Å²) in [5, 5.41) is 3.53. The topological polar surface area (TPSA) is 21.3 Å². The second-order valence-corrected chi connectivity index (χ2v) is 5.20. The molecule has 16 heavy (non-hydrogen) atoms. The maximum absolute atomic E-state index is 5.71. The van der Waals surface area contributed by atoms with Crippen LogP contribution in [0.25, 0.3) is 0 Å². The zero-order chi connectivity index (χ0) is 11.7. The van der Waals surface area contributed by atoms with E-state index in [1.807, 2.05) is 0 Å². The van der Waals surface area contributed by atoms with Gasteiger partial charge in [0.15, 0.2) is 0 Å². The highest BCUT2D eigenvalue weighted by Gasteiger charge is 2.32. The van der Waals surface area contributed by atoms with Crippen molar-refractivity contribution < 1.29 is 4.74 Å². The van der Waals surface area contributed by atoms with E-state index in [1.54, 1.807) is 0 Å². The molecule has 0 spiro atoms. The normalized spacial score (nSPS) is 19.1. The predicted molar refractivity (Wildman–Crippen MR) is 69.8 cm³/mol. The summed E-state index contributed by atoms with van der Waals surface area (Å²) in [6.07, 6.45) is 9.33. The molecule has 0 aromatic rings. The first-order valence-electron chi connectivity index (χ1n) is 7.11. The summed E-state index contributed by atoms with van der Waals surface area (Å²) in [4.78, 5) is 0. The number of rotatable bonds is 9. The van der Waals surface area contributed by atoms with E-state index in [9.17, 15) is 0 Å². The Hall–Kier alpha value is -0.0800. The van der Waals surface area contributed by atoms with Crippen LogP contribution in [0.1, 0.15) is 58.8 Å². The average molecular weight is 227 g/mol. The molecule has 0 unspecified atom stereocenters. The Bertz CT molecular complexity index is 164. The van der Waals surface area contributed by atoms with Crippen molar-refractivity contribution >= 4 is 0 Å². The largest absolute Gasteiger partial charge is 0.381 e. The third-order valence-electron chi connectivity index (χ3n) is 3.83. The molecule has 0 aromatic carbocycles. The Morgan fingerprint density at radius 2 is 1.88 bits per heavy atom. The summed E-state index contributed by atoms with van der Waals surface area (Å²) < 4.78 is 5.71. The summed E-state index contributed by atoms with van der Waals surface area (Å²) in [5.41, 5.74) is 0.558. The molecule has 1 fully saturated rings. The van der Waals surface area contributed by atoms with Crippen molar-refractivity contribution in [2.45, 2.75) is 58.8 Å². The fourth-order valence-electron chi connectivity index (χ4n) is 2.67. The van der Waals surface area contributed by atoms with Crippen molar-refractivity contribution in [3.63, 3.8) is 0 Å². The first-order valence-corrected chi connectivity index (χ1v) is 7.11. The summed E-state index contributed by atoms with van der Waals surface area (Å²) in [5.74, 6) is 0. The van der Waals surface area contributed by atoms with Gasteiger partial charge in [-0.05, 0) is 37.6 Å². The van der Waals surface area contributed by atoms with Crippen LogP contribution in [0.15, 0.2) is 0 Å². The molecule has 1 N–H and O–H groups in total. The maximum Gasteiger partial charge on any atom is 0.0471 e. The van der Waals surface area contributed by atoms with Crippen molar-refractivity contribution in [3.8, 4) is 0 Å². The lowest BCUT2D eigenvalue weighted by atomic mass is 9.83. The standard InChI is InChI=1S/C14H29NO/c1-3-5-11-16-12-10-14(13-15-4-2)8-6-7-9-14/h15H,3-13H2,1-2H3. The summed E-state index contributed by atoms with van der Waals surface area (Å²) in [6, 6.07) is 0. The monoisotopic (exact) mass is 227 g/mol. The van der Waals surface area contributed by atoms with Crippen molar-refractivity contribution in [1.29, 1.82) is 0 Å². The van der Waals surface area contributed by atoms with Gasteiger partial charge in [0.1, 0.15) is 0 Å². The lowest BCUT2D eigenvalue weighted by molar-refractivity contribution is 0.0921. The lowest BCUT2D eigenvalue weighted by Crippen LogP contribution is -2.33. The molecule has 0 saturated heterocycles. The Kier molecular flexibility index (Phi) is 7.06. The smallest absolute Gasteiger partial charge is 0.0471 e. The minimum absolute atomic E-state index is 0.558. The molecule has 2 nitrogen and oxygen atoms in total. The molecule has 0 amide bonds. The van der Waals surface area contributed by atoms with Gasteiger partial charge in [-0.15, -0.1) is 0 Å². The highest BCUT2D eigenvalue weighted by molar-refractivity contribution is 4.86. The second-order valence-electron chi connectivity index (χ2n) is 5.20. The van der Waals surface area contributed by atoms with Crippen LogP contribution in [0.5, 0.6) is 0 Å². The van der Waals surface area contributed by atoms with Crippen molar-refractivity contribution in [1.82, 2.24) is 5.32 Å². The zero-order valence-corrected chi connectivity index (χ0v) is 11.2. The van der Waals surface area contributed by atoms with E-state index in [4.69, 9.17) is 4.74 Å². The third kappa shape index (κ3) is 4.84. The summed E-state index contributed by atoms with van der Waals surface area (Å²) >= 11 is 0. The summed E-state index contributed by atoms with van der Waals surface area (Å²) in [6.45, 7) is 8.62. The lowest BCUT2D eigenvalue weighted by Gasteiger charge is -2.29. The fraction of sp³-hybridized carbons (Fsp3) is 1.00. The molecule has 0 heterocycles. The molecule has 2 heteroatoms. The van der Waals surface area contributed by atoms with Crippen molar-refractivity contribution in [3.05, 3.63) is 0 Å². The van der Waals surface area contributed by atoms with E-state index in [0.717, 1.165) is 19.8 Å². The first kappa shape index (κ1) is 14.0. The molecular weight excluding hydrogens is 198 g/mol. The molecule has 0 atom stereocenters. The second kappa shape index (κ2) is 8.08. The van der Waals surface area contributed by atoms with Crippen LogP contribution >= 0.6 is 0 Å². The van der Waals surface area contributed by atoms with Crippen LogP contribution in [0.3, 0.4) is 0 Å². The minimum Gasteiger partial charge on any atom is -0.381 e. The maximum atomic E-state index is 5.71. The van der Waals surface area contributed by atoms with E-state index in [2.05, 4.69) is 19.2 Å². The van der Waals surface area contributed by atoms with Gasteiger partial charge in [0, 0.05) is 19.8 Å². The van der Waals surface area contributed by atoms with E-state index < -0.39 is 0 Å². The molecular formula is C14H29NO. The van der Waals surface area contributed by atoms with Gasteiger partial charge in [0.05, 0.1) is 0 Å². The summed E-state index contributed by atoms with van der Waals surface area (Å²) in [7, 11) is 0. The Morgan fingerprint density at radius 3 is 2.50 bits per heavy atom. The molecule has 1 aliphatic carbocycles. The molecule has 0 aromatic heterocycles. The number of unbranched alkanes of at least 4 members (excludes halogenated alkanes) is 1. The number of hydrogen-bond donors (Lipinski definition) is 1. The van der Waals surface area contributed by atoms with E-state index >= 15 is 0 Å². The van der Waals surface area contributed by atoms with Gasteiger partial charge in [-0.2, -0.15) is 0 Å². The number of hydrogen-bond acceptors (Lipinski definition) is 2. The van der Waals surface area contributed by atoms with Gasteiger partial charge in [0.25, 0.3) is 0 Å². The SMILES string of the molecule is CCCCOCCC1(CNCC)CCCC1. The average Bonchev–Trinajstić information content (AvgIpc) is 2.76. The molecule has 1 aliphatic rings. The molecule has 0 aliphatic heterocycles. The van der Waals surface area contributed by atoms with E-state index in [0.29, 0.717) is 5.41 Å². The predicted octanol–water partition coefficient (Wildman–Crippen LogP) is 3.36. The molecule has 1 saturated carbocycles. The molecule has 1 rings (SSSR count). The van der Waals surface area contributed by atoms with Crippen LogP contribution in [-0.4, -0.2) is 26.3 Å². The Morgan fingerprint density at radius 1 is 1.12 bits per heavy atom. The molecule has 0 bridgehead atoms. The highest BCUT2D eigenvalue weighted by Crippen LogP contribution is 2.40. The van der Waals surface area contributed by atoms with Crippen LogP contribution in [-0.2, 0) is 4.74 Å². The zero-order valence-electron chi connectivity index (χ0n) is 11.2. The minimum atomic E-state index is 0.558. The number of ether oxygens (including phenoxy) is 1. The van der Waals surface area contributed by atoms with Gasteiger partial charge < -0.3 is 10.1 Å². The molecule has 96 valence electrons.